The molecule has 2 aromatic carbocycles. The molecule has 0 fully saturated rings. The maximum absolute atomic E-state index is 12.8. The van der Waals surface area contributed by atoms with Crippen molar-refractivity contribution in [2.45, 2.75) is 6.42 Å². The van der Waals surface area contributed by atoms with Gasteiger partial charge in [-0.1, -0.05) is 18.2 Å². The van der Waals surface area contributed by atoms with Crippen molar-refractivity contribution < 1.29 is 14.3 Å². The third-order valence-electron chi connectivity index (χ3n) is 4.53. The Balaban J connectivity index is 0.00000225. The van der Waals surface area contributed by atoms with Gasteiger partial charge in [0.25, 0.3) is 5.91 Å². The van der Waals surface area contributed by atoms with E-state index in [1.807, 2.05) is 55.6 Å². The summed E-state index contributed by atoms with van der Waals surface area (Å²) in [6.07, 6.45) is 0.869. The van der Waals surface area contributed by atoms with Gasteiger partial charge in [-0.2, -0.15) is 0 Å². The SMILES string of the molecule is CNCCCNC(=O)c1cc(-c2ccc(OC)c(OC)c2)nc2ccccc12.Cl.Cl. The van der Waals surface area contributed by atoms with Gasteiger partial charge in [0.05, 0.1) is 31.0 Å². The molecule has 1 heterocycles. The van der Waals surface area contributed by atoms with Crippen LogP contribution in [-0.4, -0.2) is 45.2 Å². The molecular formula is C22H27Cl2N3O3. The van der Waals surface area contributed by atoms with Crippen LogP contribution < -0.4 is 20.1 Å². The molecule has 0 aliphatic carbocycles. The summed E-state index contributed by atoms with van der Waals surface area (Å²) in [6.45, 7) is 1.47. The average Bonchev–Trinajstić information content (AvgIpc) is 2.75. The molecule has 3 rings (SSSR count). The van der Waals surface area contributed by atoms with E-state index in [1.165, 1.54) is 0 Å². The van der Waals surface area contributed by atoms with Crippen LogP contribution in [-0.2, 0) is 0 Å². The largest absolute Gasteiger partial charge is 0.493 e. The number of pyridine rings is 1. The van der Waals surface area contributed by atoms with E-state index in [2.05, 4.69) is 10.6 Å². The number of halogens is 2. The molecule has 0 unspecified atom stereocenters. The summed E-state index contributed by atoms with van der Waals surface area (Å²) in [5, 5.41) is 6.90. The molecule has 0 bridgehead atoms. The summed E-state index contributed by atoms with van der Waals surface area (Å²) in [7, 11) is 5.09. The van der Waals surface area contributed by atoms with Crippen LogP contribution in [0, 0.1) is 0 Å². The predicted molar refractivity (Wildman–Crippen MR) is 126 cm³/mol. The summed E-state index contributed by atoms with van der Waals surface area (Å²) in [4.78, 5) is 17.6. The number of carbonyl (C=O) groups is 1. The first-order valence-corrected chi connectivity index (χ1v) is 9.23. The number of para-hydroxylation sites is 1. The first-order chi connectivity index (χ1) is 13.7. The number of amides is 1. The summed E-state index contributed by atoms with van der Waals surface area (Å²) in [5.41, 5.74) is 2.95. The van der Waals surface area contributed by atoms with Gasteiger partial charge in [0.15, 0.2) is 11.5 Å². The number of methoxy groups -OCH3 is 2. The summed E-state index contributed by atoms with van der Waals surface area (Å²) < 4.78 is 10.7. The highest BCUT2D eigenvalue weighted by atomic mass is 35.5. The second-order valence-electron chi connectivity index (χ2n) is 6.35. The fourth-order valence-corrected chi connectivity index (χ4v) is 3.07. The molecule has 0 saturated carbocycles. The van der Waals surface area contributed by atoms with Crippen molar-refractivity contribution in [3.63, 3.8) is 0 Å². The Morgan fingerprint density at radius 1 is 0.967 bits per heavy atom. The number of fused-ring (bicyclic) bond motifs is 1. The Labute approximate surface area is 189 Å². The zero-order chi connectivity index (χ0) is 19.9. The van der Waals surface area contributed by atoms with E-state index in [-0.39, 0.29) is 30.7 Å². The lowest BCUT2D eigenvalue weighted by Gasteiger charge is -2.12. The van der Waals surface area contributed by atoms with Crippen LogP contribution >= 0.6 is 24.8 Å². The third kappa shape index (κ3) is 5.75. The van der Waals surface area contributed by atoms with Gasteiger partial charge in [-0.3, -0.25) is 4.79 Å². The van der Waals surface area contributed by atoms with Crippen molar-refractivity contribution in [1.29, 1.82) is 0 Å². The molecule has 3 aromatic rings. The van der Waals surface area contributed by atoms with E-state index in [0.29, 0.717) is 29.3 Å². The fraction of sp³-hybridized carbons (Fsp3) is 0.273. The second-order valence-corrected chi connectivity index (χ2v) is 6.35. The molecule has 0 spiro atoms. The molecule has 8 heteroatoms. The van der Waals surface area contributed by atoms with Gasteiger partial charge in [0, 0.05) is 17.5 Å². The molecule has 2 N–H and O–H groups in total. The van der Waals surface area contributed by atoms with E-state index >= 15 is 0 Å². The van der Waals surface area contributed by atoms with Crippen molar-refractivity contribution in [3.05, 3.63) is 54.1 Å². The minimum Gasteiger partial charge on any atom is -0.493 e. The first-order valence-electron chi connectivity index (χ1n) is 9.23. The Hall–Kier alpha value is -2.54. The van der Waals surface area contributed by atoms with E-state index in [4.69, 9.17) is 14.5 Å². The highest BCUT2D eigenvalue weighted by Crippen LogP contribution is 2.33. The lowest BCUT2D eigenvalue weighted by atomic mass is 10.0. The van der Waals surface area contributed by atoms with Gasteiger partial charge in [-0.25, -0.2) is 4.98 Å². The maximum Gasteiger partial charge on any atom is 0.252 e. The predicted octanol–water partition coefficient (Wildman–Crippen LogP) is 4.10. The maximum atomic E-state index is 12.8. The number of nitrogens with zero attached hydrogens (tertiary/aromatic N) is 1. The fourth-order valence-electron chi connectivity index (χ4n) is 3.07. The number of aromatic nitrogens is 1. The van der Waals surface area contributed by atoms with Crippen molar-refractivity contribution >= 4 is 41.6 Å². The van der Waals surface area contributed by atoms with Gasteiger partial charge in [0.1, 0.15) is 0 Å². The Morgan fingerprint density at radius 3 is 2.40 bits per heavy atom. The number of benzene rings is 2. The normalized spacial score (nSPS) is 9.97. The van der Waals surface area contributed by atoms with E-state index in [9.17, 15) is 4.79 Å². The Bertz CT molecular complexity index is 983. The zero-order valence-corrected chi connectivity index (χ0v) is 18.9. The van der Waals surface area contributed by atoms with Crippen LogP contribution in [0.25, 0.3) is 22.2 Å². The number of hydrogen-bond acceptors (Lipinski definition) is 5. The van der Waals surface area contributed by atoms with Crippen LogP contribution in [0.2, 0.25) is 0 Å². The average molecular weight is 452 g/mol. The lowest BCUT2D eigenvalue weighted by Crippen LogP contribution is -2.26. The van der Waals surface area contributed by atoms with Gasteiger partial charge < -0.3 is 20.1 Å². The molecule has 1 amide bonds. The molecule has 0 aliphatic heterocycles. The minimum atomic E-state index is -0.101. The van der Waals surface area contributed by atoms with Crippen molar-refractivity contribution in [2.75, 3.05) is 34.4 Å². The lowest BCUT2D eigenvalue weighted by molar-refractivity contribution is 0.0955. The van der Waals surface area contributed by atoms with E-state index < -0.39 is 0 Å². The van der Waals surface area contributed by atoms with Gasteiger partial charge in [0.2, 0.25) is 0 Å². The number of hydrogen-bond donors (Lipinski definition) is 2. The smallest absolute Gasteiger partial charge is 0.252 e. The standard InChI is InChI=1S/C22H25N3O3.2ClH/c1-23-11-6-12-24-22(26)17-14-19(25-18-8-5-4-7-16(17)18)15-9-10-20(27-2)21(13-15)28-3;;/h4-5,7-10,13-14,23H,6,11-12H2,1-3H3,(H,24,26);2*1H. The highest BCUT2D eigenvalue weighted by molar-refractivity contribution is 6.07. The summed E-state index contributed by atoms with van der Waals surface area (Å²) in [6, 6.07) is 15.1. The quantitative estimate of drug-likeness (QED) is 0.504. The number of carbonyl (C=O) groups excluding carboxylic acids is 1. The highest BCUT2D eigenvalue weighted by Gasteiger charge is 2.15. The van der Waals surface area contributed by atoms with Gasteiger partial charge in [-0.15, -0.1) is 24.8 Å². The molecule has 162 valence electrons. The van der Waals surface area contributed by atoms with Crippen molar-refractivity contribution in [3.8, 4) is 22.8 Å². The molecular weight excluding hydrogens is 425 g/mol. The van der Waals surface area contributed by atoms with Crippen LogP contribution in [0.4, 0.5) is 0 Å². The minimum absolute atomic E-state index is 0. The topological polar surface area (TPSA) is 72.5 Å². The molecule has 6 nitrogen and oxygen atoms in total. The second kappa shape index (κ2) is 12.2. The van der Waals surface area contributed by atoms with Gasteiger partial charge >= 0.3 is 0 Å². The Morgan fingerprint density at radius 2 is 1.70 bits per heavy atom. The molecule has 0 atom stereocenters. The van der Waals surface area contributed by atoms with Crippen LogP contribution in [0.3, 0.4) is 0 Å². The van der Waals surface area contributed by atoms with Crippen molar-refractivity contribution in [1.82, 2.24) is 15.6 Å². The number of rotatable bonds is 8. The molecule has 0 aliphatic rings. The first kappa shape index (κ1) is 25.5. The third-order valence-corrected chi connectivity index (χ3v) is 4.53. The molecule has 30 heavy (non-hydrogen) atoms. The van der Waals surface area contributed by atoms with Gasteiger partial charge in [-0.05, 0) is 50.3 Å². The van der Waals surface area contributed by atoms with Crippen LogP contribution in [0.5, 0.6) is 11.5 Å². The number of nitrogens with one attached hydrogen (secondary N) is 2. The Kier molecular flexibility index (Phi) is 10.4. The van der Waals surface area contributed by atoms with Crippen LogP contribution in [0.1, 0.15) is 16.8 Å². The van der Waals surface area contributed by atoms with E-state index in [1.54, 1.807) is 14.2 Å². The summed E-state index contributed by atoms with van der Waals surface area (Å²) >= 11 is 0. The van der Waals surface area contributed by atoms with Crippen LogP contribution in [0.15, 0.2) is 48.5 Å². The van der Waals surface area contributed by atoms with E-state index in [0.717, 1.165) is 29.4 Å². The van der Waals surface area contributed by atoms with Crippen molar-refractivity contribution in [2.24, 2.45) is 0 Å². The monoisotopic (exact) mass is 451 g/mol. The summed E-state index contributed by atoms with van der Waals surface area (Å²) in [5.74, 6) is 1.17. The molecule has 0 radical (unpaired) electrons. The number of ether oxygens (including phenoxy) is 2. The molecule has 0 saturated heterocycles. The molecule has 1 aromatic heterocycles. The zero-order valence-electron chi connectivity index (χ0n) is 17.2.